The molecule has 0 saturated carbocycles. The highest BCUT2D eigenvalue weighted by molar-refractivity contribution is 7.09. The lowest BCUT2D eigenvalue weighted by atomic mass is 10.2. The monoisotopic (exact) mass is 286 g/mol. The van der Waals surface area contributed by atoms with Gasteiger partial charge in [0, 0.05) is 38.7 Å². The second kappa shape index (κ2) is 6.78. The fourth-order valence-electron chi connectivity index (χ4n) is 1.81. The number of carbonyl (C=O) groups is 1. The van der Waals surface area contributed by atoms with Crippen LogP contribution in [-0.2, 0) is 20.7 Å². The molecule has 2 rings (SSSR count). The summed E-state index contributed by atoms with van der Waals surface area (Å²) in [6.07, 6.45) is 0.265. The van der Waals surface area contributed by atoms with Gasteiger partial charge in [0.2, 0.25) is 5.13 Å². The molecule has 19 heavy (non-hydrogen) atoms. The van der Waals surface area contributed by atoms with Crippen molar-refractivity contribution in [3.8, 4) is 0 Å². The van der Waals surface area contributed by atoms with E-state index in [1.165, 1.54) is 11.5 Å². The van der Waals surface area contributed by atoms with Crippen LogP contribution in [0.15, 0.2) is 0 Å². The minimum atomic E-state index is -0.440. The second-order valence-corrected chi connectivity index (χ2v) is 4.89. The first kappa shape index (κ1) is 14.2. The van der Waals surface area contributed by atoms with Crippen molar-refractivity contribution in [3.05, 3.63) is 5.82 Å². The van der Waals surface area contributed by atoms with Crippen molar-refractivity contribution in [2.75, 3.05) is 45.4 Å². The second-order valence-electron chi connectivity index (χ2n) is 4.16. The van der Waals surface area contributed by atoms with Crippen LogP contribution in [0.3, 0.4) is 0 Å². The molecule has 0 bridgehead atoms. The summed E-state index contributed by atoms with van der Waals surface area (Å²) < 4.78 is 14.7. The van der Waals surface area contributed by atoms with Gasteiger partial charge < -0.3 is 19.7 Å². The quantitative estimate of drug-likeness (QED) is 0.799. The van der Waals surface area contributed by atoms with E-state index >= 15 is 0 Å². The van der Waals surface area contributed by atoms with Gasteiger partial charge in [0.25, 0.3) is 5.91 Å². The molecule has 1 saturated heterocycles. The molecule has 0 aliphatic carbocycles. The number of carbonyl (C=O) groups excluding carboxylic acids is 1. The number of methoxy groups -OCH3 is 1. The minimum Gasteiger partial charge on any atom is -0.384 e. The van der Waals surface area contributed by atoms with Gasteiger partial charge in [-0.3, -0.25) is 4.79 Å². The number of hydrogen-bond donors (Lipinski definition) is 1. The van der Waals surface area contributed by atoms with Gasteiger partial charge in [0.1, 0.15) is 5.82 Å². The number of aromatic nitrogens is 2. The van der Waals surface area contributed by atoms with Crippen LogP contribution in [-0.4, -0.2) is 61.8 Å². The number of likely N-dealkylation sites (N-methyl/N-ethyl adjacent to an activating group) is 1. The van der Waals surface area contributed by atoms with Crippen LogP contribution in [0.4, 0.5) is 5.13 Å². The molecule has 0 radical (unpaired) electrons. The number of morpholine rings is 1. The van der Waals surface area contributed by atoms with Crippen molar-refractivity contribution in [1.82, 2.24) is 14.7 Å². The van der Waals surface area contributed by atoms with E-state index in [0.717, 1.165) is 17.5 Å². The van der Waals surface area contributed by atoms with Gasteiger partial charge in [-0.15, -0.1) is 0 Å². The summed E-state index contributed by atoms with van der Waals surface area (Å²) in [4.78, 5) is 18.1. The average molecular weight is 286 g/mol. The summed E-state index contributed by atoms with van der Waals surface area (Å²) in [5.74, 6) is 0.679. The standard InChI is InChI=1S/C11H18N4O3S/c1-12-10(16)8-7-15(4-6-18-8)11-13-9(14-19-11)3-5-17-2/h8H,3-7H2,1-2H3,(H,12,16). The number of hydrogen-bond acceptors (Lipinski definition) is 7. The van der Waals surface area contributed by atoms with Crippen LogP contribution in [0.5, 0.6) is 0 Å². The molecule has 1 amide bonds. The molecule has 1 fully saturated rings. The maximum Gasteiger partial charge on any atom is 0.250 e. The van der Waals surface area contributed by atoms with Crippen molar-refractivity contribution in [2.45, 2.75) is 12.5 Å². The molecule has 0 spiro atoms. The molecule has 0 aromatic carbocycles. The number of rotatable bonds is 5. The highest BCUT2D eigenvalue weighted by atomic mass is 32.1. The Morgan fingerprint density at radius 1 is 1.68 bits per heavy atom. The van der Waals surface area contributed by atoms with Crippen LogP contribution in [0.25, 0.3) is 0 Å². The fraction of sp³-hybridized carbons (Fsp3) is 0.727. The van der Waals surface area contributed by atoms with Crippen LogP contribution >= 0.6 is 11.5 Å². The highest BCUT2D eigenvalue weighted by Gasteiger charge is 2.27. The Hall–Kier alpha value is -1.25. The van der Waals surface area contributed by atoms with E-state index in [-0.39, 0.29) is 5.91 Å². The van der Waals surface area contributed by atoms with Crippen LogP contribution in [0, 0.1) is 0 Å². The zero-order valence-electron chi connectivity index (χ0n) is 11.1. The number of nitrogens with zero attached hydrogens (tertiary/aromatic N) is 3. The van der Waals surface area contributed by atoms with Crippen molar-refractivity contribution < 1.29 is 14.3 Å². The lowest BCUT2D eigenvalue weighted by Crippen LogP contribution is -2.49. The van der Waals surface area contributed by atoms with Crippen molar-refractivity contribution in [2.24, 2.45) is 0 Å². The molecule has 2 heterocycles. The molecule has 106 valence electrons. The zero-order valence-corrected chi connectivity index (χ0v) is 11.9. The van der Waals surface area contributed by atoms with Gasteiger partial charge >= 0.3 is 0 Å². The van der Waals surface area contributed by atoms with Gasteiger partial charge in [-0.2, -0.15) is 4.37 Å². The van der Waals surface area contributed by atoms with E-state index in [2.05, 4.69) is 14.7 Å². The molecule has 1 atom stereocenters. The van der Waals surface area contributed by atoms with Gasteiger partial charge in [-0.25, -0.2) is 4.98 Å². The number of amides is 1. The van der Waals surface area contributed by atoms with E-state index in [9.17, 15) is 4.79 Å². The Balaban J connectivity index is 1.97. The lowest BCUT2D eigenvalue weighted by molar-refractivity contribution is -0.132. The maximum absolute atomic E-state index is 11.6. The topological polar surface area (TPSA) is 76.6 Å². The van der Waals surface area contributed by atoms with Gasteiger partial charge in [-0.1, -0.05) is 0 Å². The van der Waals surface area contributed by atoms with Gasteiger partial charge in [0.15, 0.2) is 6.10 Å². The zero-order chi connectivity index (χ0) is 13.7. The Labute approximate surface area is 116 Å². The molecular formula is C11H18N4O3S. The number of anilines is 1. The largest absolute Gasteiger partial charge is 0.384 e. The predicted octanol–water partition coefficient (Wildman–Crippen LogP) is -0.322. The summed E-state index contributed by atoms with van der Waals surface area (Å²) in [6.45, 7) is 2.37. The van der Waals surface area contributed by atoms with Gasteiger partial charge in [-0.05, 0) is 0 Å². The van der Waals surface area contributed by atoms with Crippen LogP contribution in [0.2, 0.25) is 0 Å². The van der Waals surface area contributed by atoms with Crippen molar-refractivity contribution in [3.63, 3.8) is 0 Å². The summed E-state index contributed by atoms with van der Waals surface area (Å²) in [7, 11) is 3.27. The average Bonchev–Trinajstić information content (AvgIpc) is 2.93. The SMILES string of the molecule is CNC(=O)C1CN(c2nc(CCOC)ns2)CCO1. The Kier molecular flexibility index (Phi) is 5.06. The van der Waals surface area contributed by atoms with E-state index < -0.39 is 6.10 Å². The fourth-order valence-corrected chi connectivity index (χ4v) is 2.56. The molecule has 1 aliphatic rings. The van der Waals surface area contributed by atoms with E-state index in [1.807, 2.05) is 4.90 Å². The first-order chi connectivity index (χ1) is 9.24. The Morgan fingerprint density at radius 3 is 3.26 bits per heavy atom. The third kappa shape index (κ3) is 3.62. The minimum absolute atomic E-state index is 0.103. The third-order valence-electron chi connectivity index (χ3n) is 2.86. The van der Waals surface area contributed by atoms with Crippen LogP contribution in [0.1, 0.15) is 5.82 Å². The normalized spacial score (nSPS) is 19.5. The first-order valence-electron chi connectivity index (χ1n) is 6.14. The molecular weight excluding hydrogens is 268 g/mol. The van der Waals surface area contributed by atoms with E-state index in [4.69, 9.17) is 9.47 Å². The summed E-state index contributed by atoms with van der Waals surface area (Å²) in [5.41, 5.74) is 0. The van der Waals surface area contributed by atoms with E-state index in [1.54, 1.807) is 14.2 Å². The molecule has 8 heteroatoms. The van der Waals surface area contributed by atoms with Crippen molar-refractivity contribution >= 4 is 22.6 Å². The van der Waals surface area contributed by atoms with Gasteiger partial charge in [0.05, 0.1) is 19.8 Å². The van der Waals surface area contributed by atoms with E-state index in [0.29, 0.717) is 26.2 Å². The molecule has 1 N–H and O–H groups in total. The molecule has 1 aromatic heterocycles. The third-order valence-corrected chi connectivity index (χ3v) is 3.68. The summed E-state index contributed by atoms with van der Waals surface area (Å²) in [5, 5.41) is 3.44. The molecule has 1 aliphatic heterocycles. The number of ether oxygens (including phenoxy) is 2. The molecule has 7 nitrogen and oxygen atoms in total. The Bertz CT molecular complexity index is 426. The summed E-state index contributed by atoms with van der Waals surface area (Å²) >= 11 is 1.35. The lowest BCUT2D eigenvalue weighted by Gasteiger charge is -2.31. The molecule has 1 aromatic rings. The highest BCUT2D eigenvalue weighted by Crippen LogP contribution is 2.20. The smallest absolute Gasteiger partial charge is 0.250 e. The Morgan fingerprint density at radius 2 is 2.53 bits per heavy atom. The summed E-state index contributed by atoms with van der Waals surface area (Å²) in [6, 6.07) is 0. The first-order valence-corrected chi connectivity index (χ1v) is 6.91. The number of nitrogens with one attached hydrogen (secondary N) is 1. The van der Waals surface area contributed by atoms with Crippen LogP contribution < -0.4 is 10.2 Å². The molecule has 1 unspecified atom stereocenters. The maximum atomic E-state index is 11.6. The predicted molar refractivity (Wildman–Crippen MR) is 71.5 cm³/mol. The van der Waals surface area contributed by atoms with Crippen molar-refractivity contribution in [1.29, 1.82) is 0 Å².